The van der Waals surface area contributed by atoms with Crippen molar-refractivity contribution < 1.29 is 4.74 Å². The molecule has 0 aliphatic heterocycles. The first-order valence-corrected chi connectivity index (χ1v) is 5.08. The highest BCUT2D eigenvalue weighted by Crippen LogP contribution is 2.12. The van der Waals surface area contributed by atoms with E-state index in [0.717, 1.165) is 18.2 Å². The first kappa shape index (κ1) is 10.6. The molecule has 0 atom stereocenters. The Balaban J connectivity index is 2.13. The standard InChI is InChI=1S/C11H14N4O/c1-16-8-6-14-11-13-5-7-15(11)10-3-2-4-12-9-10/h2-5,7,9H,6,8H2,1H3,(H,13,14). The van der Waals surface area contributed by atoms with Gasteiger partial charge in [-0.05, 0) is 12.1 Å². The Labute approximate surface area is 94.1 Å². The van der Waals surface area contributed by atoms with E-state index in [1.165, 1.54) is 0 Å². The molecule has 0 radical (unpaired) electrons. The highest BCUT2D eigenvalue weighted by Gasteiger charge is 2.03. The number of imidazole rings is 1. The number of aromatic nitrogens is 3. The van der Waals surface area contributed by atoms with Crippen molar-refractivity contribution in [1.82, 2.24) is 14.5 Å². The van der Waals surface area contributed by atoms with Crippen molar-refractivity contribution >= 4 is 5.95 Å². The molecule has 5 nitrogen and oxygen atoms in total. The Morgan fingerprint density at radius 2 is 2.38 bits per heavy atom. The van der Waals surface area contributed by atoms with E-state index in [1.807, 2.05) is 22.9 Å². The number of hydrogen-bond acceptors (Lipinski definition) is 4. The molecule has 84 valence electrons. The van der Waals surface area contributed by atoms with E-state index in [9.17, 15) is 0 Å². The second kappa shape index (κ2) is 5.27. The predicted octanol–water partition coefficient (Wildman–Crippen LogP) is 1.33. The quantitative estimate of drug-likeness (QED) is 0.769. The molecule has 0 saturated heterocycles. The van der Waals surface area contributed by atoms with E-state index in [0.29, 0.717) is 6.61 Å². The summed E-state index contributed by atoms with van der Waals surface area (Å²) in [6.07, 6.45) is 7.19. The van der Waals surface area contributed by atoms with Crippen LogP contribution >= 0.6 is 0 Å². The van der Waals surface area contributed by atoms with Crippen molar-refractivity contribution in [2.45, 2.75) is 0 Å². The van der Waals surface area contributed by atoms with Crippen LogP contribution in [0.5, 0.6) is 0 Å². The maximum Gasteiger partial charge on any atom is 0.207 e. The third-order valence-electron chi connectivity index (χ3n) is 2.15. The zero-order valence-electron chi connectivity index (χ0n) is 9.13. The van der Waals surface area contributed by atoms with E-state index < -0.39 is 0 Å². The molecule has 0 aliphatic carbocycles. The van der Waals surface area contributed by atoms with Gasteiger partial charge in [-0.3, -0.25) is 9.55 Å². The minimum absolute atomic E-state index is 0.653. The molecule has 0 fully saturated rings. The van der Waals surface area contributed by atoms with Gasteiger partial charge in [-0.25, -0.2) is 4.98 Å². The summed E-state index contributed by atoms with van der Waals surface area (Å²) in [7, 11) is 1.68. The van der Waals surface area contributed by atoms with Crippen LogP contribution in [0.25, 0.3) is 5.69 Å². The first-order valence-electron chi connectivity index (χ1n) is 5.08. The van der Waals surface area contributed by atoms with Gasteiger partial charge >= 0.3 is 0 Å². The molecule has 0 aromatic carbocycles. The highest BCUT2D eigenvalue weighted by molar-refractivity contribution is 5.39. The number of methoxy groups -OCH3 is 1. The topological polar surface area (TPSA) is 52.0 Å². The van der Waals surface area contributed by atoms with E-state index in [-0.39, 0.29) is 0 Å². The molecule has 0 aliphatic rings. The average molecular weight is 218 g/mol. The van der Waals surface area contributed by atoms with Gasteiger partial charge in [0.2, 0.25) is 5.95 Å². The summed E-state index contributed by atoms with van der Waals surface area (Å²) in [5.74, 6) is 0.796. The summed E-state index contributed by atoms with van der Waals surface area (Å²) < 4.78 is 6.92. The van der Waals surface area contributed by atoms with Crippen LogP contribution in [0.3, 0.4) is 0 Å². The Morgan fingerprint density at radius 3 is 3.12 bits per heavy atom. The summed E-state index contributed by atoms with van der Waals surface area (Å²) in [6, 6.07) is 3.88. The lowest BCUT2D eigenvalue weighted by atomic mass is 10.4. The van der Waals surface area contributed by atoms with E-state index in [4.69, 9.17) is 4.74 Å². The van der Waals surface area contributed by atoms with Crippen LogP contribution in [0.15, 0.2) is 36.9 Å². The van der Waals surface area contributed by atoms with Crippen LogP contribution < -0.4 is 5.32 Å². The maximum absolute atomic E-state index is 4.97. The van der Waals surface area contributed by atoms with Gasteiger partial charge in [0.15, 0.2) is 0 Å². The molecule has 0 unspecified atom stereocenters. The van der Waals surface area contributed by atoms with Gasteiger partial charge in [0.1, 0.15) is 0 Å². The second-order valence-corrected chi connectivity index (χ2v) is 3.25. The van der Waals surface area contributed by atoms with E-state index in [1.54, 1.807) is 25.7 Å². The minimum Gasteiger partial charge on any atom is -0.383 e. The number of anilines is 1. The molecule has 16 heavy (non-hydrogen) atoms. The lowest BCUT2D eigenvalue weighted by molar-refractivity contribution is 0.210. The van der Waals surface area contributed by atoms with Crippen LogP contribution in [-0.4, -0.2) is 34.8 Å². The molecule has 5 heteroatoms. The van der Waals surface area contributed by atoms with Gasteiger partial charge < -0.3 is 10.1 Å². The summed E-state index contributed by atoms with van der Waals surface area (Å²) in [4.78, 5) is 8.31. The largest absolute Gasteiger partial charge is 0.383 e. The molecule has 2 heterocycles. The molecule has 0 spiro atoms. The summed E-state index contributed by atoms with van der Waals surface area (Å²) >= 11 is 0. The smallest absolute Gasteiger partial charge is 0.207 e. The molecular formula is C11H14N4O. The Bertz CT molecular complexity index is 427. The Kier molecular flexibility index (Phi) is 3.50. The number of rotatable bonds is 5. The molecule has 0 amide bonds. The zero-order valence-corrected chi connectivity index (χ0v) is 9.13. The van der Waals surface area contributed by atoms with Crippen molar-refractivity contribution in [3.05, 3.63) is 36.9 Å². The third kappa shape index (κ3) is 2.38. The summed E-state index contributed by atoms with van der Waals surface area (Å²) in [6.45, 7) is 1.38. The van der Waals surface area contributed by atoms with Gasteiger partial charge in [-0.1, -0.05) is 0 Å². The molecule has 1 N–H and O–H groups in total. The van der Waals surface area contributed by atoms with Gasteiger partial charge in [0.25, 0.3) is 0 Å². The molecule has 2 rings (SSSR count). The third-order valence-corrected chi connectivity index (χ3v) is 2.15. The first-order chi connectivity index (χ1) is 7.92. The number of ether oxygens (including phenoxy) is 1. The second-order valence-electron chi connectivity index (χ2n) is 3.25. The van der Waals surface area contributed by atoms with Crippen molar-refractivity contribution in [2.24, 2.45) is 0 Å². The Hall–Kier alpha value is -1.88. The van der Waals surface area contributed by atoms with Gasteiger partial charge in [0.05, 0.1) is 18.5 Å². The van der Waals surface area contributed by atoms with Gasteiger partial charge in [-0.15, -0.1) is 0 Å². The normalized spacial score (nSPS) is 10.3. The molecular weight excluding hydrogens is 204 g/mol. The van der Waals surface area contributed by atoms with E-state index in [2.05, 4.69) is 15.3 Å². The lowest BCUT2D eigenvalue weighted by Gasteiger charge is -2.08. The van der Waals surface area contributed by atoms with Crippen LogP contribution in [0.4, 0.5) is 5.95 Å². The molecule has 0 bridgehead atoms. The number of hydrogen-bond donors (Lipinski definition) is 1. The van der Waals surface area contributed by atoms with Crippen molar-refractivity contribution in [2.75, 3.05) is 25.6 Å². The predicted molar refractivity (Wildman–Crippen MR) is 61.7 cm³/mol. The fourth-order valence-corrected chi connectivity index (χ4v) is 1.40. The maximum atomic E-state index is 4.97. The van der Waals surface area contributed by atoms with Crippen LogP contribution in [-0.2, 0) is 4.74 Å². The highest BCUT2D eigenvalue weighted by atomic mass is 16.5. The minimum atomic E-state index is 0.653. The van der Waals surface area contributed by atoms with E-state index >= 15 is 0 Å². The van der Waals surface area contributed by atoms with Crippen LogP contribution in [0.2, 0.25) is 0 Å². The number of pyridine rings is 1. The number of nitrogens with zero attached hydrogens (tertiary/aromatic N) is 3. The summed E-state index contributed by atoms with van der Waals surface area (Å²) in [5.41, 5.74) is 0.986. The van der Waals surface area contributed by atoms with Crippen LogP contribution in [0, 0.1) is 0 Å². The monoisotopic (exact) mass is 218 g/mol. The van der Waals surface area contributed by atoms with Crippen molar-refractivity contribution in [3.8, 4) is 5.69 Å². The fraction of sp³-hybridized carbons (Fsp3) is 0.273. The van der Waals surface area contributed by atoms with Crippen molar-refractivity contribution in [1.29, 1.82) is 0 Å². The zero-order chi connectivity index (χ0) is 11.2. The molecule has 2 aromatic rings. The van der Waals surface area contributed by atoms with Crippen LogP contribution in [0.1, 0.15) is 0 Å². The number of nitrogens with one attached hydrogen (secondary N) is 1. The fourth-order valence-electron chi connectivity index (χ4n) is 1.40. The summed E-state index contributed by atoms with van der Waals surface area (Å²) in [5, 5.41) is 3.19. The van der Waals surface area contributed by atoms with Gasteiger partial charge in [0, 0.05) is 32.2 Å². The average Bonchev–Trinajstić information content (AvgIpc) is 2.79. The van der Waals surface area contributed by atoms with Crippen molar-refractivity contribution in [3.63, 3.8) is 0 Å². The molecule has 0 saturated carbocycles. The SMILES string of the molecule is COCCNc1nccn1-c1cccnc1. The Morgan fingerprint density at radius 1 is 1.44 bits per heavy atom. The molecule has 2 aromatic heterocycles. The lowest BCUT2D eigenvalue weighted by Crippen LogP contribution is -2.11. The van der Waals surface area contributed by atoms with Gasteiger partial charge in [-0.2, -0.15) is 0 Å².